The number of carbonyl (C=O) groups excluding carboxylic acids is 1. The number of carbonyl (C=O) groups is 2. The van der Waals surface area contributed by atoms with Crippen LogP contribution in [0.2, 0.25) is 0 Å². The second-order valence-electron chi connectivity index (χ2n) is 15.6. The van der Waals surface area contributed by atoms with Crippen molar-refractivity contribution in [2.45, 2.75) is 76.0 Å². The lowest BCUT2D eigenvalue weighted by Crippen LogP contribution is -2.26. The number of aliphatic carboxylic acids is 1. The zero-order valence-electron chi connectivity index (χ0n) is 37.1. The molecule has 8 rings (SSSR count). The molecule has 3 N–H and O–H groups in total. The predicted molar refractivity (Wildman–Crippen MR) is 250 cm³/mol. The van der Waals surface area contributed by atoms with Crippen LogP contribution < -0.4 is 9.47 Å². The molecule has 0 bridgehead atoms. The minimum Gasteiger partial charge on any atom is -0.497 e. The number of ether oxygens (including phenoxy) is 4. The number of nitrogens with zero attached hydrogens (tertiary/aromatic N) is 6. The van der Waals surface area contributed by atoms with Gasteiger partial charge in [0.05, 0.1) is 37.1 Å². The van der Waals surface area contributed by atoms with Gasteiger partial charge in [-0.1, -0.05) is 79.7 Å². The predicted octanol–water partition coefficient (Wildman–Crippen LogP) is 9.44. The van der Waals surface area contributed by atoms with Gasteiger partial charge >= 0.3 is 11.9 Å². The summed E-state index contributed by atoms with van der Waals surface area (Å²) in [6.07, 6.45) is 0.346. The summed E-state index contributed by atoms with van der Waals surface area (Å²) in [6, 6.07) is 36.9. The van der Waals surface area contributed by atoms with E-state index in [1.165, 1.54) is 0 Å². The zero-order chi connectivity index (χ0) is 46.0. The number of benzene rings is 5. The van der Waals surface area contributed by atoms with Crippen LogP contribution in [-0.2, 0) is 46.0 Å². The van der Waals surface area contributed by atoms with Gasteiger partial charge in [0, 0.05) is 35.6 Å². The van der Waals surface area contributed by atoms with E-state index in [9.17, 15) is 14.7 Å². The normalized spacial score (nSPS) is 12.2. The average Bonchev–Trinajstić information content (AvgIpc) is 4.11. The molecule has 338 valence electrons. The van der Waals surface area contributed by atoms with E-state index in [0.717, 1.165) is 67.3 Å². The van der Waals surface area contributed by atoms with Crippen LogP contribution in [0.1, 0.15) is 77.8 Å². The summed E-state index contributed by atoms with van der Waals surface area (Å²) in [7, 11) is 1.59. The standard InChI is InChI=1S/C50H50N8O7S/c1-5-9-45-51-43(46(50(61)63-6-2)58(45)28-33-12-18-35(19-13-33)39-10-7-8-11-40(39)48-54-56-57-55-48)30-66-38-24-25-41-42(27-38)53-47(52-41)31(3)65-37-22-14-32(15-23-37)26-44(49(59)60)64-29-34-16-20-36(62-4)21-17-34/h7-8,10-25,27,31,44H,5-6,9,26,28-30H2,1-4H3,(H,52,53)(H,59,60)(H,54,55,56,57). The molecule has 0 aliphatic heterocycles. The second-order valence-corrected chi connectivity index (χ2v) is 16.6. The van der Waals surface area contributed by atoms with E-state index in [4.69, 9.17) is 28.9 Å². The number of nitrogens with one attached hydrogen (secondary N) is 2. The Morgan fingerprint density at radius 3 is 2.27 bits per heavy atom. The Kier molecular flexibility index (Phi) is 14.5. The number of carboxylic acid groups (broad SMARTS) is 1. The number of fused-ring (bicyclic) bond motifs is 1. The molecule has 2 atom stereocenters. The highest BCUT2D eigenvalue weighted by molar-refractivity contribution is 7.98. The third kappa shape index (κ3) is 10.8. The van der Waals surface area contributed by atoms with Gasteiger partial charge in [-0.2, -0.15) is 0 Å². The van der Waals surface area contributed by atoms with Crippen molar-refractivity contribution in [3.05, 3.63) is 155 Å². The van der Waals surface area contributed by atoms with E-state index in [1.54, 1.807) is 18.9 Å². The van der Waals surface area contributed by atoms with Gasteiger partial charge in [0.25, 0.3) is 0 Å². The molecule has 2 unspecified atom stereocenters. The van der Waals surface area contributed by atoms with E-state index in [2.05, 4.69) is 56.8 Å². The van der Waals surface area contributed by atoms with Crippen molar-refractivity contribution >= 4 is 34.7 Å². The molecule has 0 saturated heterocycles. The molecular formula is C50H50N8O7S. The summed E-state index contributed by atoms with van der Waals surface area (Å²) in [5.74, 6) is 2.45. The highest BCUT2D eigenvalue weighted by atomic mass is 32.2. The molecule has 3 aromatic heterocycles. The van der Waals surface area contributed by atoms with Gasteiger partial charge in [0.1, 0.15) is 23.1 Å². The fraction of sp³-hybridized carbons (Fsp3) is 0.260. The topological polar surface area (TPSA) is 192 Å². The lowest BCUT2D eigenvalue weighted by Gasteiger charge is -2.15. The van der Waals surface area contributed by atoms with Gasteiger partial charge in [0.2, 0.25) is 0 Å². The number of H-pyrrole nitrogens is 2. The number of imidazole rings is 2. The molecule has 66 heavy (non-hydrogen) atoms. The van der Waals surface area contributed by atoms with Crippen molar-refractivity contribution < 1.29 is 33.6 Å². The monoisotopic (exact) mass is 906 g/mol. The lowest BCUT2D eigenvalue weighted by atomic mass is 9.98. The van der Waals surface area contributed by atoms with Crippen molar-refractivity contribution in [3.63, 3.8) is 0 Å². The Hall–Kier alpha value is -7.30. The molecule has 0 amide bonds. The third-order valence-corrected chi connectivity index (χ3v) is 12.0. The fourth-order valence-corrected chi connectivity index (χ4v) is 8.48. The Morgan fingerprint density at radius 1 is 0.848 bits per heavy atom. The number of aromatic amines is 2. The first kappa shape index (κ1) is 45.3. The summed E-state index contributed by atoms with van der Waals surface area (Å²) in [6.45, 7) is 6.69. The van der Waals surface area contributed by atoms with Crippen molar-refractivity contribution in [1.82, 2.24) is 40.1 Å². The summed E-state index contributed by atoms with van der Waals surface area (Å²) >= 11 is 1.59. The first-order valence-electron chi connectivity index (χ1n) is 21.7. The number of thioether (sulfide) groups is 1. The number of hydrogen-bond donors (Lipinski definition) is 3. The largest absolute Gasteiger partial charge is 0.497 e. The Bertz CT molecular complexity index is 2880. The van der Waals surface area contributed by atoms with Crippen LogP contribution in [0.5, 0.6) is 11.5 Å². The van der Waals surface area contributed by atoms with Gasteiger partial charge in [-0.05, 0) is 101 Å². The highest BCUT2D eigenvalue weighted by Gasteiger charge is 2.25. The van der Waals surface area contributed by atoms with Gasteiger partial charge in [-0.25, -0.2) is 24.7 Å². The van der Waals surface area contributed by atoms with Crippen LogP contribution in [0.4, 0.5) is 0 Å². The number of methoxy groups -OCH3 is 1. The van der Waals surface area contributed by atoms with E-state index in [1.807, 2.05) is 109 Å². The highest BCUT2D eigenvalue weighted by Crippen LogP contribution is 2.32. The molecule has 3 heterocycles. The van der Waals surface area contributed by atoms with Crippen LogP contribution in [0, 0.1) is 0 Å². The molecule has 16 heteroatoms. The van der Waals surface area contributed by atoms with Crippen LogP contribution in [0.15, 0.2) is 120 Å². The van der Waals surface area contributed by atoms with Crippen molar-refractivity contribution in [1.29, 1.82) is 0 Å². The van der Waals surface area contributed by atoms with Crippen molar-refractivity contribution in [3.8, 4) is 34.0 Å². The first-order chi connectivity index (χ1) is 32.2. The van der Waals surface area contributed by atoms with Crippen LogP contribution >= 0.6 is 11.8 Å². The number of aryl methyl sites for hydroxylation is 1. The van der Waals surface area contributed by atoms with E-state index in [-0.39, 0.29) is 19.6 Å². The van der Waals surface area contributed by atoms with E-state index >= 15 is 0 Å². The maximum absolute atomic E-state index is 13.7. The molecule has 0 aliphatic rings. The van der Waals surface area contributed by atoms with Gasteiger partial charge in [-0.3, -0.25) is 0 Å². The number of carboxylic acids is 1. The molecule has 8 aromatic rings. The smallest absolute Gasteiger partial charge is 0.356 e. The van der Waals surface area contributed by atoms with Crippen LogP contribution in [0.3, 0.4) is 0 Å². The summed E-state index contributed by atoms with van der Waals surface area (Å²) in [5, 5.41) is 24.3. The summed E-state index contributed by atoms with van der Waals surface area (Å²) < 4.78 is 24.8. The molecule has 0 radical (unpaired) electrons. The third-order valence-electron chi connectivity index (χ3n) is 11.0. The summed E-state index contributed by atoms with van der Waals surface area (Å²) in [5.41, 5.74) is 8.36. The molecule has 0 fully saturated rings. The Morgan fingerprint density at radius 2 is 1.58 bits per heavy atom. The minimum atomic E-state index is -1.03. The number of tetrazole rings is 1. The van der Waals surface area contributed by atoms with Crippen molar-refractivity contribution in [2.24, 2.45) is 0 Å². The van der Waals surface area contributed by atoms with Gasteiger partial charge in [0.15, 0.2) is 23.7 Å². The minimum absolute atomic E-state index is 0.166. The Labute approximate surface area is 385 Å². The first-order valence-corrected chi connectivity index (χ1v) is 22.7. The number of esters is 1. The fourth-order valence-electron chi connectivity index (χ4n) is 7.61. The number of rotatable bonds is 21. The number of hydrogen-bond acceptors (Lipinski definition) is 12. The maximum Gasteiger partial charge on any atom is 0.356 e. The van der Waals surface area contributed by atoms with E-state index in [0.29, 0.717) is 47.5 Å². The zero-order valence-corrected chi connectivity index (χ0v) is 37.9. The maximum atomic E-state index is 13.7. The quantitative estimate of drug-likeness (QED) is 0.0457. The van der Waals surface area contributed by atoms with Crippen molar-refractivity contribution in [2.75, 3.05) is 13.7 Å². The van der Waals surface area contributed by atoms with E-state index < -0.39 is 24.1 Å². The SMILES string of the molecule is CCCc1nc(CSc2ccc3nc(C(C)Oc4ccc(CC(OCc5ccc(OC)cc5)C(=O)O)cc4)[nH]c3c2)c(C(=O)OCC)n1Cc1ccc(-c2ccccc2-c2nnn[nH]2)cc1. The lowest BCUT2D eigenvalue weighted by molar-refractivity contribution is -0.151. The second kappa shape index (κ2) is 21.1. The van der Waals surface area contributed by atoms with Gasteiger partial charge < -0.3 is 33.6 Å². The Balaban J connectivity index is 0.925. The molecule has 0 spiro atoms. The van der Waals surface area contributed by atoms with Gasteiger partial charge in [-0.15, -0.1) is 16.9 Å². The summed E-state index contributed by atoms with van der Waals surface area (Å²) in [4.78, 5) is 39.9. The number of aromatic nitrogens is 8. The molecule has 0 saturated carbocycles. The molecule has 0 aliphatic carbocycles. The average molecular weight is 907 g/mol. The van der Waals surface area contributed by atoms with Crippen LogP contribution in [0.25, 0.3) is 33.5 Å². The van der Waals surface area contributed by atoms with Crippen LogP contribution in [-0.4, -0.2) is 77.0 Å². The molecular weight excluding hydrogens is 857 g/mol. The molecule has 5 aromatic carbocycles. The molecule has 15 nitrogen and oxygen atoms in total.